The number of nitrogens with two attached hydrogens (primary N) is 1. The average molecular weight is 267 g/mol. The standard InChI is InChI=1S/C12H17N3O4/c13-9(16)4-2-1-3-7-14-10(17)8-15-11(18)5-6-12(15)19/h5-6H,1-4,7-8H2,(H2,13,16)(H,14,17). The van der Waals surface area contributed by atoms with E-state index in [-0.39, 0.29) is 18.4 Å². The molecule has 3 N–H and O–H groups in total. The van der Waals surface area contributed by atoms with E-state index in [2.05, 4.69) is 5.32 Å². The summed E-state index contributed by atoms with van der Waals surface area (Å²) < 4.78 is 0. The first-order chi connectivity index (χ1) is 9.00. The molecule has 4 amide bonds. The summed E-state index contributed by atoms with van der Waals surface area (Å²) in [5.41, 5.74) is 4.99. The van der Waals surface area contributed by atoms with Gasteiger partial charge in [-0.15, -0.1) is 0 Å². The van der Waals surface area contributed by atoms with Crippen LogP contribution in [0, 0.1) is 0 Å². The van der Waals surface area contributed by atoms with E-state index in [4.69, 9.17) is 5.73 Å². The van der Waals surface area contributed by atoms with Crippen molar-refractivity contribution >= 4 is 23.6 Å². The zero-order valence-electron chi connectivity index (χ0n) is 10.6. The Labute approximate surface area is 110 Å². The van der Waals surface area contributed by atoms with Crippen molar-refractivity contribution in [3.05, 3.63) is 12.2 Å². The normalized spacial score (nSPS) is 14.0. The molecule has 1 aliphatic heterocycles. The number of imide groups is 1. The summed E-state index contributed by atoms with van der Waals surface area (Å²) in [7, 11) is 0. The number of hydrogen-bond donors (Lipinski definition) is 2. The molecule has 1 heterocycles. The molecule has 0 spiro atoms. The molecule has 0 aromatic rings. The Morgan fingerprint density at radius 1 is 1.11 bits per heavy atom. The molecular weight excluding hydrogens is 250 g/mol. The number of hydrogen-bond acceptors (Lipinski definition) is 4. The Hall–Kier alpha value is -2.18. The van der Waals surface area contributed by atoms with Gasteiger partial charge in [0.15, 0.2) is 0 Å². The van der Waals surface area contributed by atoms with Crippen molar-refractivity contribution in [1.82, 2.24) is 10.2 Å². The van der Waals surface area contributed by atoms with Crippen molar-refractivity contribution in [2.24, 2.45) is 5.73 Å². The fraction of sp³-hybridized carbons (Fsp3) is 0.500. The van der Waals surface area contributed by atoms with Gasteiger partial charge in [0.05, 0.1) is 0 Å². The average Bonchev–Trinajstić information content (AvgIpc) is 2.65. The van der Waals surface area contributed by atoms with E-state index < -0.39 is 11.8 Å². The molecule has 0 saturated heterocycles. The van der Waals surface area contributed by atoms with Gasteiger partial charge in [-0.3, -0.25) is 24.1 Å². The van der Waals surface area contributed by atoms with Crippen LogP contribution in [0.2, 0.25) is 0 Å². The summed E-state index contributed by atoms with van der Waals surface area (Å²) in [6.07, 6.45) is 4.82. The van der Waals surface area contributed by atoms with Gasteiger partial charge in [-0.2, -0.15) is 0 Å². The lowest BCUT2D eigenvalue weighted by Crippen LogP contribution is -2.40. The lowest BCUT2D eigenvalue weighted by molar-refractivity contribution is -0.141. The Morgan fingerprint density at radius 2 is 1.74 bits per heavy atom. The van der Waals surface area contributed by atoms with Gasteiger partial charge in [-0.1, -0.05) is 6.42 Å². The highest BCUT2D eigenvalue weighted by molar-refractivity contribution is 6.14. The minimum atomic E-state index is -0.471. The molecule has 7 heteroatoms. The summed E-state index contributed by atoms with van der Waals surface area (Å²) >= 11 is 0. The van der Waals surface area contributed by atoms with Crippen LogP contribution in [-0.4, -0.2) is 41.6 Å². The third-order valence-electron chi connectivity index (χ3n) is 2.62. The molecular formula is C12H17N3O4. The third kappa shape index (κ3) is 5.33. The highest BCUT2D eigenvalue weighted by Crippen LogP contribution is 2.02. The van der Waals surface area contributed by atoms with Crippen molar-refractivity contribution in [2.75, 3.05) is 13.1 Å². The molecule has 1 aliphatic rings. The number of primary amides is 1. The molecule has 0 aromatic heterocycles. The summed E-state index contributed by atoms with van der Waals surface area (Å²) in [5.74, 6) is -1.65. The van der Waals surface area contributed by atoms with Crippen molar-refractivity contribution in [3.8, 4) is 0 Å². The molecule has 104 valence electrons. The number of rotatable bonds is 8. The van der Waals surface area contributed by atoms with Gasteiger partial charge in [0.2, 0.25) is 11.8 Å². The fourth-order valence-corrected chi connectivity index (χ4v) is 1.62. The fourth-order valence-electron chi connectivity index (χ4n) is 1.62. The van der Waals surface area contributed by atoms with Gasteiger partial charge in [0.25, 0.3) is 11.8 Å². The van der Waals surface area contributed by atoms with Gasteiger partial charge in [-0.25, -0.2) is 0 Å². The third-order valence-corrected chi connectivity index (χ3v) is 2.62. The van der Waals surface area contributed by atoms with Crippen LogP contribution in [0.4, 0.5) is 0 Å². The van der Waals surface area contributed by atoms with Gasteiger partial charge < -0.3 is 11.1 Å². The molecule has 0 saturated carbocycles. The van der Waals surface area contributed by atoms with E-state index in [0.29, 0.717) is 19.4 Å². The lowest BCUT2D eigenvalue weighted by atomic mass is 10.2. The van der Waals surface area contributed by atoms with Gasteiger partial charge in [0.1, 0.15) is 6.54 Å². The minimum Gasteiger partial charge on any atom is -0.370 e. The predicted molar refractivity (Wildman–Crippen MR) is 66.5 cm³/mol. The Balaban J connectivity index is 2.10. The van der Waals surface area contributed by atoms with Gasteiger partial charge >= 0.3 is 0 Å². The zero-order chi connectivity index (χ0) is 14.3. The van der Waals surface area contributed by atoms with Crippen molar-refractivity contribution in [3.63, 3.8) is 0 Å². The Morgan fingerprint density at radius 3 is 2.32 bits per heavy atom. The van der Waals surface area contributed by atoms with Crippen molar-refractivity contribution in [2.45, 2.75) is 25.7 Å². The van der Waals surface area contributed by atoms with Crippen LogP contribution in [0.3, 0.4) is 0 Å². The van der Waals surface area contributed by atoms with Crippen LogP contribution in [0.25, 0.3) is 0 Å². The number of nitrogens with zero attached hydrogens (tertiary/aromatic N) is 1. The number of amides is 4. The van der Waals surface area contributed by atoms with Crippen LogP contribution >= 0.6 is 0 Å². The molecule has 7 nitrogen and oxygen atoms in total. The first-order valence-corrected chi connectivity index (χ1v) is 6.09. The number of carbonyl (C=O) groups excluding carboxylic acids is 4. The molecule has 0 unspecified atom stereocenters. The smallest absolute Gasteiger partial charge is 0.254 e. The van der Waals surface area contributed by atoms with Crippen LogP contribution in [0.15, 0.2) is 12.2 Å². The van der Waals surface area contributed by atoms with Crippen molar-refractivity contribution < 1.29 is 19.2 Å². The van der Waals surface area contributed by atoms with Crippen LogP contribution < -0.4 is 11.1 Å². The second-order valence-corrected chi connectivity index (χ2v) is 4.22. The molecule has 19 heavy (non-hydrogen) atoms. The maximum atomic E-state index is 11.5. The van der Waals surface area contributed by atoms with Gasteiger partial charge in [-0.05, 0) is 12.8 Å². The molecule has 0 atom stereocenters. The largest absolute Gasteiger partial charge is 0.370 e. The molecule has 0 bridgehead atoms. The number of unbranched alkanes of at least 4 members (excludes halogenated alkanes) is 2. The summed E-state index contributed by atoms with van der Waals surface area (Å²) in [6.45, 7) is 0.188. The van der Waals surface area contributed by atoms with E-state index >= 15 is 0 Å². The lowest BCUT2D eigenvalue weighted by Gasteiger charge is -2.13. The monoisotopic (exact) mass is 267 g/mol. The maximum absolute atomic E-state index is 11.5. The minimum absolute atomic E-state index is 0.258. The zero-order valence-corrected chi connectivity index (χ0v) is 10.6. The topological polar surface area (TPSA) is 110 Å². The van der Waals surface area contributed by atoms with Crippen LogP contribution in [-0.2, 0) is 19.2 Å². The highest BCUT2D eigenvalue weighted by atomic mass is 16.2. The maximum Gasteiger partial charge on any atom is 0.254 e. The van der Waals surface area contributed by atoms with E-state index in [1.807, 2.05) is 0 Å². The quantitative estimate of drug-likeness (QED) is 0.437. The van der Waals surface area contributed by atoms with E-state index in [9.17, 15) is 19.2 Å². The molecule has 0 aromatic carbocycles. The molecule has 0 fully saturated rings. The highest BCUT2D eigenvalue weighted by Gasteiger charge is 2.25. The molecule has 1 rings (SSSR count). The summed E-state index contributed by atoms with van der Waals surface area (Å²) in [4.78, 5) is 45.2. The first-order valence-electron chi connectivity index (χ1n) is 6.09. The van der Waals surface area contributed by atoms with Crippen LogP contribution in [0.1, 0.15) is 25.7 Å². The Bertz CT molecular complexity index is 399. The summed E-state index contributed by atoms with van der Waals surface area (Å²) in [5, 5.41) is 2.61. The first kappa shape index (κ1) is 14.9. The van der Waals surface area contributed by atoms with E-state index in [1.54, 1.807) is 0 Å². The molecule has 0 radical (unpaired) electrons. The van der Waals surface area contributed by atoms with Crippen LogP contribution in [0.5, 0.6) is 0 Å². The van der Waals surface area contributed by atoms with Gasteiger partial charge in [0, 0.05) is 25.1 Å². The Kier molecular flexibility index (Phi) is 5.72. The predicted octanol–water partition coefficient (Wildman–Crippen LogP) is -0.927. The second-order valence-electron chi connectivity index (χ2n) is 4.22. The second kappa shape index (κ2) is 7.30. The van der Waals surface area contributed by atoms with E-state index in [0.717, 1.165) is 29.9 Å². The summed E-state index contributed by atoms with van der Waals surface area (Å²) in [6, 6.07) is 0. The van der Waals surface area contributed by atoms with Crippen molar-refractivity contribution in [1.29, 1.82) is 0 Å². The molecule has 0 aliphatic carbocycles. The SMILES string of the molecule is NC(=O)CCCCCNC(=O)CN1C(=O)C=CC1=O. The number of nitrogens with one attached hydrogen (secondary N) is 1. The number of carbonyl (C=O) groups is 4. The van der Waals surface area contributed by atoms with E-state index in [1.165, 1.54) is 0 Å².